The predicted molar refractivity (Wildman–Crippen MR) is 75.2 cm³/mol. The summed E-state index contributed by atoms with van der Waals surface area (Å²) in [5.74, 6) is 2.22. The summed E-state index contributed by atoms with van der Waals surface area (Å²) >= 11 is 0. The van der Waals surface area contributed by atoms with Crippen LogP contribution in [0, 0.1) is 17.8 Å². The van der Waals surface area contributed by atoms with Crippen molar-refractivity contribution in [1.82, 2.24) is 4.90 Å². The second kappa shape index (κ2) is 6.05. The van der Waals surface area contributed by atoms with Crippen LogP contribution in [0.15, 0.2) is 5.16 Å². The molecule has 4 unspecified atom stereocenters. The molecule has 1 saturated carbocycles. The normalized spacial score (nSPS) is 41.2. The first kappa shape index (κ1) is 13.9. The number of piperidine rings is 1. The van der Waals surface area contributed by atoms with Crippen LogP contribution < -0.4 is 0 Å². The monoisotopic (exact) mass is 252 g/mol. The van der Waals surface area contributed by atoms with Crippen LogP contribution in [0.3, 0.4) is 0 Å². The van der Waals surface area contributed by atoms with Gasteiger partial charge in [-0.25, -0.2) is 0 Å². The first-order valence-corrected chi connectivity index (χ1v) is 7.60. The first-order valence-electron chi connectivity index (χ1n) is 7.60. The first-order chi connectivity index (χ1) is 8.65. The van der Waals surface area contributed by atoms with Gasteiger partial charge in [-0.2, -0.15) is 0 Å². The van der Waals surface area contributed by atoms with Crippen molar-refractivity contribution in [2.75, 3.05) is 13.1 Å². The Balaban J connectivity index is 1.94. The van der Waals surface area contributed by atoms with Gasteiger partial charge in [0.15, 0.2) is 0 Å². The van der Waals surface area contributed by atoms with E-state index >= 15 is 0 Å². The van der Waals surface area contributed by atoms with Gasteiger partial charge in [0.1, 0.15) is 0 Å². The molecule has 1 aliphatic carbocycles. The number of nitrogens with zero attached hydrogens (tertiary/aromatic N) is 2. The van der Waals surface area contributed by atoms with Crippen LogP contribution in [-0.2, 0) is 0 Å². The lowest BCUT2D eigenvalue weighted by atomic mass is 9.77. The van der Waals surface area contributed by atoms with Crippen LogP contribution >= 0.6 is 0 Å². The van der Waals surface area contributed by atoms with E-state index in [1.165, 1.54) is 19.3 Å². The molecule has 2 aliphatic rings. The molecule has 18 heavy (non-hydrogen) atoms. The molecule has 0 aromatic heterocycles. The van der Waals surface area contributed by atoms with Crippen molar-refractivity contribution >= 4 is 5.71 Å². The third-order valence-corrected chi connectivity index (χ3v) is 5.29. The average molecular weight is 252 g/mol. The molecular formula is C15H28N2O. The third-order valence-electron chi connectivity index (χ3n) is 5.29. The van der Waals surface area contributed by atoms with E-state index in [1.807, 2.05) is 0 Å². The summed E-state index contributed by atoms with van der Waals surface area (Å²) in [6.45, 7) is 9.18. The standard InChI is InChI=1S/C15H28N2O/c1-4-13-10-17(8-7-15(13)16-18)14-6-5-11(2)12(3)9-14/h11-14,18H,4-10H2,1-3H3. The zero-order valence-corrected chi connectivity index (χ0v) is 12.1. The molecule has 2 rings (SSSR count). The van der Waals surface area contributed by atoms with E-state index in [-0.39, 0.29) is 0 Å². The summed E-state index contributed by atoms with van der Waals surface area (Å²) in [6.07, 6.45) is 6.13. The molecule has 0 amide bonds. The highest BCUT2D eigenvalue weighted by Gasteiger charge is 2.33. The van der Waals surface area contributed by atoms with Crippen molar-refractivity contribution in [2.24, 2.45) is 22.9 Å². The van der Waals surface area contributed by atoms with Gasteiger partial charge in [-0.3, -0.25) is 4.90 Å². The van der Waals surface area contributed by atoms with Crippen molar-refractivity contribution < 1.29 is 5.21 Å². The fourth-order valence-electron chi connectivity index (χ4n) is 3.62. The van der Waals surface area contributed by atoms with E-state index in [9.17, 15) is 0 Å². The van der Waals surface area contributed by atoms with Crippen LogP contribution in [-0.4, -0.2) is 35.0 Å². The maximum atomic E-state index is 9.04. The third kappa shape index (κ3) is 2.87. The molecule has 3 heteroatoms. The number of hydrogen-bond acceptors (Lipinski definition) is 3. The highest BCUT2D eigenvalue weighted by molar-refractivity contribution is 5.87. The SMILES string of the molecule is CCC1CN(C2CCC(C)C(C)C2)CCC1=NO. The summed E-state index contributed by atoms with van der Waals surface area (Å²) in [5.41, 5.74) is 1.02. The van der Waals surface area contributed by atoms with Crippen LogP contribution in [0.1, 0.15) is 52.9 Å². The van der Waals surface area contributed by atoms with E-state index in [1.54, 1.807) is 0 Å². The van der Waals surface area contributed by atoms with Gasteiger partial charge in [0.25, 0.3) is 0 Å². The molecule has 0 radical (unpaired) electrons. The highest BCUT2D eigenvalue weighted by Crippen LogP contribution is 2.33. The maximum Gasteiger partial charge on any atom is 0.0627 e. The predicted octanol–water partition coefficient (Wildman–Crippen LogP) is 3.37. The summed E-state index contributed by atoms with van der Waals surface area (Å²) < 4.78 is 0. The molecule has 104 valence electrons. The smallest absolute Gasteiger partial charge is 0.0627 e. The lowest BCUT2D eigenvalue weighted by Gasteiger charge is -2.43. The van der Waals surface area contributed by atoms with E-state index < -0.39 is 0 Å². The van der Waals surface area contributed by atoms with Gasteiger partial charge < -0.3 is 5.21 Å². The van der Waals surface area contributed by atoms with Crippen molar-refractivity contribution in [1.29, 1.82) is 0 Å². The molecular weight excluding hydrogens is 224 g/mol. The maximum absolute atomic E-state index is 9.04. The Bertz CT molecular complexity index is 303. The molecule has 1 heterocycles. The molecule has 0 bridgehead atoms. The second-order valence-electron chi connectivity index (χ2n) is 6.36. The Kier molecular flexibility index (Phi) is 4.66. The van der Waals surface area contributed by atoms with Crippen LogP contribution in [0.25, 0.3) is 0 Å². The van der Waals surface area contributed by atoms with E-state index in [0.717, 1.165) is 49.5 Å². The lowest BCUT2D eigenvalue weighted by molar-refractivity contribution is 0.0941. The molecule has 2 fully saturated rings. The average Bonchev–Trinajstić information content (AvgIpc) is 2.41. The van der Waals surface area contributed by atoms with Gasteiger partial charge in [0, 0.05) is 31.5 Å². The zero-order chi connectivity index (χ0) is 13.1. The van der Waals surface area contributed by atoms with Gasteiger partial charge in [0.05, 0.1) is 5.71 Å². The Hall–Kier alpha value is -0.570. The van der Waals surface area contributed by atoms with Crippen molar-refractivity contribution in [2.45, 2.75) is 58.9 Å². The van der Waals surface area contributed by atoms with E-state index in [0.29, 0.717) is 5.92 Å². The number of hydrogen-bond donors (Lipinski definition) is 1. The van der Waals surface area contributed by atoms with Crippen LogP contribution in [0.5, 0.6) is 0 Å². The largest absolute Gasteiger partial charge is 0.411 e. The Morgan fingerprint density at radius 3 is 2.67 bits per heavy atom. The van der Waals surface area contributed by atoms with E-state index in [2.05, 4.69) is 30.8 Å². The fraction of sp³-hybridized carbons (Fsp3) is 0.933. The number of likely N-dealkylation sites (tertiary alicyclic amines) is 1. The molecule has 3 nitrogen and oxygen atoms in total. The molecule has 1 saturated heterocycles. The summed E-state index contributed by atoms with van der Waals surface area (Å²) in [5, 5.41) is 12.5. The Morgan fingerprint density at radius 2 is 2.06 bits per heavy atom. The lowest BCUT2D eigenvalue weighted by Crippen LogP contribution is -2.48. The number of oxime groups is 1. The second-order valence-corrected chi connectivity index (χ2v) is 6.36. The van der Waals surface area contributed by atoms with Gasteiger partial charge in [-0.1, -0.05) is 25.9 Å². The van der Waals surface area contributed by atoms with E-state index in [4.69, 9.17) is 5.21 Å². The van der Waals surface area contributed by atoms with Crippen molar-refractivity contribution in [3.05, 3.63) is 0 Å². The topological polar surface area (TPSA) is 35.8 Å². The molecule has 0 aromatic rings. The molecule has 0 aromatic carbocycles. The van der Waals surface area contributed by atoms with Gasteiger partial charge in [0.2, 0.25) is 0 Å². The molecule has 4 atom stereocenters. The van der Waals surface area contributed by atoms with Crippen LogP contribution in [0.2, 0.25) is 0 Å². The van der Waals surface area contributed by atoms with Crippen molar-refractivity contribution in [3.63, 3.8) is 0 Å². The molecule has 1 aliphatic heterocycles. The Morgan fingerprint density at radius 1 is 1.28 bits per heavy atom. The fourth-order valence-corrected chi connectivity index (χ4v) is 3.62. The minimum atomic E-state index is 0.471. The summed E-state index contributed by atoms with van der Waals surface area (Å²) in [7, 11) is 0. The molecule has 0 spiro atoms. The zero-order valence-electron chi connectivity index (χ0n) is 12.1. The highest BCUT2D eigenvalue weighted by atomic mass is 16.4. The van der Waals surface area contributed by atoms with Gasteiger partial charge in [-0.15, -0.1) is 0 Å². The molecule has 1 N–H and O–H groups in total. The van der Waals surface area contributed by atoms with Crippen molar-refractivity contribution in [3.8, 4) is 0 Å². The number of rotatable bonds is 2. The quantitative estimate of drug-likeness (QED) is 0.604. The summed E-state index contributed by atoms with van der Waals surface area (Å²) in [6, 6.07) is 0.769. The van der Waals surface area contributed by atoms with Gasteiger partial charge in [-0.05, 0) is 37.5 Å². The minimum Gasteiger partial charge on any atom is -0.411 e. The summed E-state index contributed by atoms with van der Waals surface area (Å²) in [4.78, 5) is 2.66. The Labute approximate surface area is 111 Å². The van der Waals surface area contributed by atoms with Gasteiger partial charge >= 0.3 is 0 Å². The minimum absolute atomic E-state index is 0.471. The van der Waals surface area contributed by atoms with Crippen LogP contribution in [0.4, 0.5) is 0 Å².